The average Bonchev–Trinajstić information content (AvgIpc) is 3.34. The van der Waals surface area contributed by atoms with E-state index in [0.29, 0.717) is 24.8 Å². The zero-order chi connectivity index (χ0) is 24.2. The molecule has 2 amide bonds. The first-order chi connectivity index (χ1) is 16.2. The minimum Gasteiger partial charge on any atom is -0.469 e. The van der Waals surface area contributed by atoms with Crippen LogP contribution in [0.4, 0.5) is 14.6 Å². The summed E-state index contributed by atoms with van der Waals surface area (Å²) in [5.41, 5.74) is 0.00546. The fourth-order valence-corrected chi connectivity index (χ4v) is 5.94. The number of benzene rings is 1. The Labute approximate surface area is 199 Å². The SMILES string of the molecule is COC(=O)C12CC(C1)C(C1C(=O)N(c3ncc(Cl)cc3F)CC(=O)N1Cc1ccc(F)cc1)C2. The summed E-state index contributed by atoms with van der Waals surface area (Å²) in [4.78, 5) is 46.0. The summed E-state index contributed by atoms with van der Waals surface area (Å²) in [6.07, 6.45) is 2.79. The van der Waals surface area contributed by atoms with E-state index in [9.17, 15) is 23.2 Å². The Morgan fingerprint density at radius 1 is 1.21 bits per heavy atom. The second-order valence-corrected chi connectivity index (χ2v) is 9.72. The summed E-state index contributed by atoms with van der Waals surface area (Å²) in [5, 5.41) is 0.0724. The topological polar surface area (TPSA) is 79.8 Å². The number of pyridine rings is 1. The number of carbonyl (C=O) groups is 3. The highest BCUT2D eigenvalue weighted by Crippen LogP contribution is 2.64. The van der Waals surface area contributed by atoms with Crippen molar-refractivity contribution in [2.24, 2.45) is 17.3 Å². The molecule has 2 aromatic rings. The highest BCUT2D eigenvalue weighted by Gasteiger charge is 2.65. The third kappa shape index (κ3) is 3.62. The molecular weight excluding hydrogens is 468 g/mol. The molecule has 1 saturated heterocycles. The average molecular weight is 490 g/mol. The molecule has 34 heavy (non-hydrogen) atoms. The van der Waals surface area contributed by atoms with Gasteiger partial charge in [0, 0.05) is 12.7 Å². The molecule has 0 spiro atoms. The summed E-state index contributed by atoms with van der Waals surface area (Å²) < 4.78 is 33.0. The summed E-state index contributed by atoms with van der Waals surface area (Å²) in [6.45, 7) is -0.296. The molecule has 7 nitrogen and oxygen atoms in total. The number of ether oxygens (including phenoxy) is 1. The lowest BCUT2D eigenvalue weighted by Crippen LogP contribution is -2.62. The minimum absolute atomic E-state index is 0.0551. The molecule has 2 bridgehead atoms. The van der Waals surface area contributed by atoms with E-state index < -0.39 is 29.0 Å². The fourth-order valence-electron chi connectivity index (χ4n) is 5.79. The number of amides is 2. The van der Waals surface area contributed by atoms with Gasteiger partial charge in [-0.1, -0.05) is 23.7 Å². The van der Waals surface area contributed by atoms with Crippen molar-refractivity contribution in [2.45, 2.75) is 31.8 Å². The molecule has 2 unspecified atom stereocenters. The van der Waals surface area contributed by atoms with Crippen LogP contribution in [0.5, 0.6) is 0 Å². The lowest BCUT2D eigenvalue weighted by Gasteiger charge is -2.43. The Hall–Kier alpha value is -3.07. The number of fused-ring (bicyclic) bond motifs is 1. The van der Waals surface area contributed by atoms with Crippen molar-refractivity contribution in [3.63, 3.8) is 0 Å². The standard InChI is InChI=1S/C24H22ClF2N3O4/c1-34-23(33)24-7-14(8-24)17(9-24)20-22(32)30(21-18(27)6-15(25)10-28-21)12-19(31)29(20)11-13-2-4-16(26)5-3-13/h2-6,10,14,17,20H,7-9,11-12H2,1H3. The normalized spacial score (nSPS) is 28.2. The zero-order valence-corrected chi connectivity index (χ0v) is 19.1. The maximum atomic E-state index is 14.7. The van der Waals surface area contributed by atoms with Gasteiger partial charge in [-0.05, 0) is 54.9 Å². The first-order valence-corrected chi connectivity index (χ1v) is 11.3. The van der Waals surface area contributed by atoms with E-state index in [1.165, 1.54) is 30.3 Å². The van der Waals surface area contributed by atoms with Crippen molar-refractivity contribution in [3.8, 4) is 0 Å². The molecule has 4 aliphatic rings. The largest absolute Gasteiger partial charge is 0.469 e. The van der Waals surface area contributed by atoms with Crippen LogP contribution < -0.4 is 4.90 Å². The smallest absolute Gasteiger partial charge is 0.311 e. The second-order valence-electron chi connectivity index (χ2n) is 9.28. The third-order valence-electron chi connectivity index (χ3n) is 7.34. The Kier molecular flexibility index (Phi) is 5.55. The number of rotatable bonds is 5. The predicted molar refractivity (Wildman–Crippen MR) is 118 cm³/mol. The molecule has 0 radical (unpaired) electrons. The number of methoxy groups -OCH3 is 1. The van der Waals surface area contributed by atoms with Crippen LogP contribution in [-0.4, -0.2) is 47.4 Å². The van der Waals surface area contributed by atoms with E-state index in [-0.39, 0.29) is 47.6 Å². The maximum absolute atomic E-state index is 14.7. The van der Waals surface area contributed by atoms with Crippen LogP contribution in [-0.2, 0) is 25.7 Å². The molecule has 4 fully saturated rings. The van der Waals surface area contributed by atoms with Gasteiger partial charge >= 0.3 is 5.97 Å². The Balaban J connectivity index is 1.50. The van der Waals surface area contributed by atoms with Crippen molar-refractivity contribution < 1.29 is 27.9 Å². The first kappa shape index (κ1) is 22.7. The Morgan fingerprint density at radius 3 is 2.56 bits per heavy atom. The zero-order valence-electron chi connectivity index (χ0n) is 18.3. The second kappa shape index (κ2) is 8.30. The number of aromatic nitrogens is 1. The van der Waals surface area contributed by atoms with Gasteiger partial charge in [-0.15, -0.1) is 0 Å². The van der Waals surface area contributed by atoms with Crippen LogP contribution in [0.2, 0.25) is 5.02 Å². The highest BCUT2D eigenvalue weighted by atomic mass is 35.5. The van der Waals surface area contributed by atoms with Crippen LogP contribution in [0.15, 0.2) is 36.5 Å². The van der Waals surface area contributed by atoms with E-state index in [1.807, 2.05) is 0 Å². The number of anilines is 1. The van der Waals surface area contributed by atoms with Gasteiger partial charge < -0.3 is 9.64 Å². The van der Waals surface area contributed by atoms with Gasteiger partial charge in [0.2, 0.25) is 5.91 Å². The molecule has 2 heterocycles. The first-order valence-electron chi connectivity index (χ1n) is 11.0. The Morgan fingerprint density at radius 2 is 1.91 bits per heavy atom. The molecule has 1 aromatic carbocycles. The highest BCUT2D eigenvalue weighted by molar-refractivity contribution is 6.30. The number of piperazine rings is 1. The lowest BCUT2D eigenvalue weighted by molar-refractivity contribution is -0.157. The van der Waals surface area contributed by atoms with Gasteiger partial charge in [0.25, 0.3) is 5.91 Å². The van der Waals surface area contributed by atoms with Crippen LogP contribution >= 0.6 is 11.6 Å². The van der Waals surface area contributed by atoms with Crippen molar-refractivity contribution in [3.05, 3.63) is 58.7 Å². The molecule has 1 aromatic heterocycles. The van der Waals surface area contributed by atoms with Gasteiger partial charge in [0.05, 0.1) is 17.5 Å². The monoisotopic (exact) mass is 489 g/mol. The van der Waals surface area contributed by atoms with Crippen molar-refractivity contribution >= 4 is 35.2 Å². The summed E-state index contributed by atoms with van der Waals surface area (Å²) in [5.74, 6) is -2.88. The van der Waals surface area contributed by atoms with Crippen LogP contribution in [0.25, 0.3) is 0 Å². The molecule has 1 aliphatic heterocycles. The molecule has 3 aliphatic carbocycles. The molecule has 178 valence electrons. The van der Waals surface area contributed by atoms with Crippen molar-refractivity contribution in [1.29, 1.82) is 0 Å². The summed E-state index contributed by atoms with van der Waals surface area (Å²) >= 11 is 5.81. The summed E-state index contributed by atoms with van der Waals surface area (Å²) in [6, 6.07) is 5.82. The quantitative estimate of drug-likeness (QED) is 0.602. The van der Waals surface area contributed by atoms with E-state index in [0.717, 1.165) is 11.0 Å². The molecule has 10 heteroatoms. The molecule has 0 N–H and O–H groups in total. The predicted octanol–water partition coefficient (Wildman–Crippen LogP) is 3.35. The van der Waals surface area contributed by atoms with Gasteiger partial charge in [-0.2, -0.15) is 0 Å². The number of hydrogen-bond acceptors (Lipinski definition) is 5. The number of hydrogen-bond donors (Lipinski definition) is 0. The van der Waals surface area contributed by atoms with Gasteiger partial charge in [-0.3, -0.25) is 19.3 Å². The van der Waals surface area contributed by atoms with Gasteiger partial charge in [-0.25, -0.2) is 13.8 Å². The molecule has 6 rings (SSSR count). The van der Waals surface area contributed by atoms with E-state index in [1.54, 1.807) is 12.1 Å². The minimum atomic E-state index is -0.915. The van der Waals surface area contributed by atoms with Crippen molar-refractivity contribution in [1.82, 2.24) is 9.88 Å². The number of esters is 1. The lowest BCUT2D eigenvalue weighted by atomic mass is 9.69. The Bertz CT molecular complexity index is 1170. The van der Waals surface area contributed by atoms with E-state index >= 15 is 0 Å². The van der Waals surface area contributed by atoms with Gasteiger partial charge in [0.15, 0.2) is 11.6 Å². The molecule has 2 atom stereocenters. The van der Waals surface area contributed by atoms with E-state index in [2.05, 4.69) is 4.98 Å². The number of halogens is 3. The number of nitrogens with zero attached hydrogens (tertiary/aromatic N) is 3. The fraction of sp³-hybridized carbons (Fsp3) is 0.417. The molecular formula is C24H22ClF2N3O4. The summed E-state index contributed by atoms with van der Waals surface area (Å²) in [7, 11) is 1.34. The maximum Gasteiger partial charge on any atom is 0.311 e. The van der Waals surface area contributed by atoms with Crippen LogP contribution in [0, 0.1) is 28.9 Å². The van der Waals surface area contributed by atoms with Crippen LogP contribution in [0.1, 0.15) is 24.8 Å². The number of carbonyl (C=O) groups excluding carboxylic acids is 3. The van der Waals surface area contributed by atoms with Crippen molar-refractivity contribution in [2.75, 3.05) is 18.6 Å². The third-order valence-corrected chi connectivity index (χ3v) is 7.55. The van der Waals surface area contributed by atoms with Gasteiger partial charge in [0.1, 0.15) is 18.4 Å². The van der Waals surface area contributed by atoms with E-state index in [4.69, 9.17) is 16.3 Å². The van der Waals surface area contributed by atoms with Crippen LogP contribution in [0.3, 0.4) is 0 Å². The molecule has 3 saturated carbocycles.